The van der Waals surface area contributed by atoms with E-state index >= 15 is 0 Å². The predicted octanol–water partition coefficient (Wildman–Crippen LogP) is 4.27. The van der Waals surface area contributed by atoms with E-state index in [0.29, 0.717) is 41.2 Å². The van der Waals surface area contributed by atoms with E-state index in [2.05, 4.69) is 15.4 Å². The number of nitrogens with one attached hydrogen (secondary N) is 1. The summed E-state index contributed by atoms with van der Waals surface area (Å²) in [6.45, 7) is 6.60. The van der Waals surface area contributed by atoms with Gasteiger partial charge in [0.05, 0.1) is 30.3 Å². The third kappa shape index (κ3) is 3.65. The van der Waals surface area contributed by atoms with Gasteiger partial charge in [-0.1, -0.05) is 20.8 Å². The van der Waals surface area contributed by atoms with Gasteiger partial charge in [-0.2, -0.15) is 14.8 Å². The molecule has 3 heterocycles. The first-order valence-electron chi connectivity index (χ1n) is 9.15. The zero-order chi connectivity index (χ0) is 20.8. The number of amides is 1. The average molecular weight is 402 g/mol. The Morgan fingerprint density at radius 2 is 2.03 bits per heavy atom. The summed E-state index contributed by atoms with van der Waals surface area (Å²) in [6.07, 6.45) is 1.95. The molecule has 3 aromatic rings. The molecule has 0 saturated heterocycles. The zero-order valence-electron chi connectivity index (χ0n) is 16.3. The van der Waals surface area contributed by atoms with E-state index in [4.69, 9.17) is 9.15 Å². The van der Waals surface area contributed by atoms with Gasteiger partial charge in [0.15, 0.2) is 11.6 Å². The van der Waals surface area contributed by atoms with Crippen LogP contribution < -0.4 is 5.32 Å². The lowest BCUT2D eigenvalue weighted by Crippen LogP contribution is -2.25. The summed E-state index contributed by atoms with van der Waals surface area (Å²) in [5.74, 6) is -1.93. The number of oxazole rings is 1. The van der Waals surface area contributed by atoms with Gasteiger partial charge in [0.25, 0.3) is 0 Å². The molecule has 0 spiro atoms. The molecule has 2 aromatic heterocycles. The number of carbonyl (C=O) groups is 1. The predicted molar refractivity (Wildman–Crippen MR) is 101 cm³/mol. The van der Waals surface area contributed by atoms with Gasteiger partial charge in [-0.25, -0.2) is 13.6 Å². The third-order valence-electron chi connectivity index (χ3n) is 4.69. The SMILES string of the molecule is CC(C)(C)c1coc(NC(=O)n2nc(-c3ccc(F)c(F)c3)c3c2CCOC3)n1. The maximum Gasteiger partial charge on any atom is 0.350 e. The molecule has 0 fully saturated rings. The minimum atomic E-state index is -0.985. The highest BCUT2D eigenvalue weighted by Gasteiger charge is 2.27. The van der Waals surface area contributed by atoms with Crippen molar-refractivity contribution < 1.29 is 22.7 Å². The van der Waals surface area contributed by atoms with Crippen molar-refractivity contribution in [3.8, 4) is 11.3 Å². The monoisotopic (exact) mass is 402 g/mol. The Bertz CT molecular complexity index is 1080. The van der Waals surface area contributed by atoms with Crippen molar-refractivity contribution in [1.29, 1.82) is 0 Å². The van der Waals surface area contributed by atoms with Crippen LogP contribution in [-0.2, 0) is 23.2 Å². The fraction of sp³-hybridized carbons (Fsp3) is 0.350. The van der Waals surface area contributed by atoms with Crippen LogP contribution in [0.25, 0.3) is 11.3 Å². The maximum atomic E-state index is 13.7. The molecule has 4 rings (SSSR count). The largest absolute Gasteiger partial charge is 0.432 e. The van der Waals surface area contributed by atoms with Gasteiger partial charge >= 0.3 is 12.0 Å². The van der Waals surface area contributed by atoms with Gasteiger partial charge < -0.3 is 9.15 Å². The average Bonchev–Trinajstić information content (AvgIpc) is 3.29. The lowest BCUT2D eigenvalue weighted by molar-refractivity contribution is 0.109. The molecule has 0 unspecified atom stereocenters. The molecule has 29 heavy (non-hydrogen) atoms. The van der Waals surface area contributed by atoms with E-state index in [0.717, 1.165) is 12.1 Å². The molecule has 1 aliphatic rings. The molecule has 0 atom stereocenters. The Balaban J connectivity index is 1.68. The Morgan fingerprint density at radius 3 is 2.72 bits per heavy atom. The molecule has 1 amide bonds. The van der Waals surface area contributed by atoms with Gasteiger partial charge in [-0.3, -0.25) is 5.32 Å². The summed E-state index contributed by atoms with van der Waals surface area (Å²) in [5, 5.41) is 6.95. The quantitative estimate of drug-likeness (QED) is 0.692. The third-order valence-corrected chi connectivity index (χ3v) is 4.69. The smallest absolute Gasteiger partial charge is 0.350 e. The molecule has 0 radical (unpaired) electrons. The summed E-state index contributed by atoms with van der Waals surface area (Å²) < 4.78 is 39.0. The fourth-order valence-electron chi connectivity index (χ4n) is 3.10. The second-order valence-electron chi connectivity index (χ2n) is 7.84. The summed E-state index contributed by atoms with van der Waals surface area (Å²) in [4.78, 5) is 17.1. The number of anilines is 1. The standard InChI is InChI=1S/C20H20F2N4O3/c1-20(2,3)16-10-29-18(23-16)24-19(27)26-15-6-7-28-9-12(15)17(25-26)11-4-5-13(21)14(22)8-11/h4-5,8,10H,6-7,9H2,1-3H3,(H,23,24,27). The minimum Gasteiger partial charge on any atom is -0.432 e. The van der Waals surface area contributed by atoms with Crippen LogP contribution in [0.3, 0.4) is 0 Å². The second kappa shape index (κ2) is 7.07. The van der Waals surface area contributed by atoms with Gasteiger partial charge in [0, 0.05) is 23.0 Å². The van der Waals surface area contributed by atoms with E-state index < -0.39 is 17.7 Å². The Morgan fingerprint density at radius 1 is 1.24 bits per heavy atom. The maximum absolute atomic E-state index is 13.7. The molecule has 0 saturated carbocycles. The molecule has 9 heteroatoms. The molecule has 7 nitrogen and oxygen atoms in total. The number of fused-ring (bicyclic) bond motifs is 1. The Kier molecular flexibility index (Phi) is 4.70. The number of hydrogen-bond acceptors (Lipinski definition) is 5. The molecule has 0 bridgehead atoms. The first-order valence-corrected chi connectivity index (χ1v) is 9.15. The van der Waals surface area contributed by atoms with Crippen molar-refractivity contribution >= 4 is 12.0 Å². The van der Waals surface area contributed by atoms with Crippen LogP contribution in [0.2, 0.25) is 0 Å². The van der Waals surface area contributed by atoms with Crippen LogP contribution in [0, 0.1) is 11.6 Å². The van der Waals surface area contributed by atoms with Crippen LogP contribution in [0.5, 0.6) is 0 Å². The number of halogens is 2. The molecule has 152 valence electrons. The van der Waals surface area contributed by atoms with Crippen LogP contribution in [0.4, 0.5) is 19.6 Å². The van der Waals surface area contributed by atoms with Crippen molar-refractivity contribution in [2.24, 2.45) is 0 Å². The number of ether oxygens (including phenoxy) is 1. The zero-order valence-corrected chi connectivity index (χ0v) is 16.3. The number of carbonyl (C=O) groups excluding carboxylic acids is 1. The molecule has 1 aromatic carbocycles. The van der Waals surface area contributed by atoms with Gasteiger partial charge in [-0.05, 0) is 18.2 Å². The summed E-state index contributed by atoms with van der Waals surface area (Å²) in [6, 6.07) is 3.01. The minimum absolute atomic E-state index is 0.0608. The highest BCUT2D eigenvalue weighted by atomic mass is 19.2. The number of rotatable bonds is 2. The van der Waals surface area contributed by atoms with Crippen molar-refractivity contribution in [2.75, 3.05) is 11.9 Å². The van der Waals surface area contributed by atoms with Gasteiger partial charge in [0.2, 0.25) is 0 Å². The normalized spacial score (nSPS) is 14.0. The van der Waals surface area contributed by atoms with Crippen molar-refractivity contribution in [3.63, 3.8) is 0 Å². The van der Waals surface area contributed by atoms with Crippen LogP contribution in [-0.4, -0.2) is 27.4 Å². The number of benzene rings is 1. The van der Waals surface area contributed by atoms with Gasteiger partial charge in [-0.15, -0.1) is 0 Å². The second-order valence-corrected chi connectivity index (χ2v) is 7.84. The van der Waals surface area contributed by atoms with E-state index in [9.17, 15) is 13.6 Å². The Hall–Kier alpha value is -3.07. The van der Waals surface area contributed by atoms with E-state index in [1.165, 1.54) is 17.0 Å². The van der Waals surface area contributed by atoms with Crippen LogP contribution in [0.15, 0.2) is 28.9 Å². The number of hydrogen-bond donors (Lipinski definition) is 1. The van der Waals surface area contributed by atoms with Gasteiger partial charge in [0.1, 0.15) is 6.26 Å². The summed E-state index contributed by atoms with van der Waals surface area (Å²) in [7, 11) is 0. The fourth-order valence-corrected chi connectivity index (χ4v) is 3.10. The van der Waals surface area contributed by atoms with Crippen LogP contribution >= 0.6 is 0 Å². The molecular formula is C20H20F2N4O3. The summed E-state index contributed by atoms with van der Waals surface area (Å²) in [5.41, 5.74) is 2.52. The first kappa shape index (κ1) is 19.3. The van der Waals surface area contributed by atoms with Crippen LogP contribution in [0.1, 0.15) is 37.7 Å². The number of nitrogens with zero attached hydrogens (tertiary/aromatic N) is 3. The van der Waals surface area contributed by atoms with Crippen molar-refractivity contribution in [2.45, 2.75) is 39.2 Å². The highest BCUT2D eigenvalue weighted by Crippen LogP contribution is 2.30. The van der Waals surface area contributed by atoms with E-state index in [1.54, 1.807) is 0 Å². The molecule has 1 aliphatic heterocycles. The number of aromatic nitrogens is 3. The van der Waals surface area contributed by atoms with Crippen molar-refractivity contribution in [1.82, 2.24) is 14.8 Å². The first-order chi connectivity index (χ1) is 13.7. The van der Waals surface area contributed by atoms with Crippen molar-refractivity contribution in [3.05, 3.63) is 53.0 Å². The lowest BCUT2D eigenvalue weighted by Gasteiger charge is -2.14. The van der Waals surface area contributed by atoms with E-state index in [-0.39, 0.29) is 18.0 Å². The topological polar surface area (TPSA) is 82.2 Å². The molecular weight excluding hydrogens is 382 g/mol. The lowest BCUT2D eigenvalue weighted by atomic mass is 9.93. The highest BCUT2D eigenvalue weighted by molar-refractivity contribution is 5.89. The molecule has 0 aliphatic carbocycles. The Labute approximate surface area is 165 Å². The molecule has 1 N–H and O–H groups in total. The van der Waals surface area contributed by atoms with E-state index in [1.807, 2.05) is 20.8 Å². The summed E-state index contributed by atoms with van der Waals surface area (Å²) >= 11 is 0.